The number of likely N-dealkylation sites (N-methyl/N-ethyl adjacent to an activating group) is 2. The minimum atomic E-state index is 0.461. The van der Waals surface area contributed by atoms with Crippen LogP contribution < -0.4 is 0 Å². The van der Waals surface area contributed by atoms with E-state index in [9.17, 15) is 9.59 Å². The molecule has 0 aliphatic rings. The van der Waals surface area contributed by atoms with Gasteiger partial charge in [-0.05, 0) is 14.1 Å². The molecule has 2 amide bonds. The van der Waals surface area contributed by atoms with Crippen LogP contribution in [0.5, 0.6) is 0 Å². The molecule has 0 bridgehead atoms. The summed E-state index contributed by atoms with van der Waals surface area (Å²) in [6, 6.07) is 0. The Morgan fingerprint density at radius 2 is 1.25 bits per heavy atom. The van der Waals surface area contributed by atoms with Gasteiger partial charge in [0.1, 0.15) is 0 Å². The lowest BCUT2D eigenvalue weighted by Gasteiger charge is -2.18. The van der Waals surface area contributed by atoms with Crippen LogP contribution in [0.25, 0.3) is 0 Å². The Morgan fingerprint density at radius 3 is 1.70 bits per heavy atom. The van der Waals surface area contributed by atoms with E-state index < -0.39 is 0 Å². The zero-order valence-corrected chi connectivity index (χ0v) is 12.8. The van der Waals surface area contributed by atoms with Gasteiger partial charge in [-0.2, -0.15) is 0 Å². The van der Waals surface area contributed by atoms with Gasteiger partial charge >= 0.3 is 0 Å². The van der Waals surface area contributed by atoms with Crippen molar-refractivity contribution in [2.24, 2.45) is 0 Å². The number of rotatable bonds is 14. The van der Waals surface area contributed by atoms with Crippen LogP contribution in [-0.4, -0.2) is 101 Å². The fourth-order valence-electron chi connectivity index (χ4n) is 1.29. The predicted octanol–water partition coefficient (Wildman–Crippen LogP) is -0.872. The van der Waals surface area contributed by atoms with Gasteiger partial charge in [-0.15, -0.1) is 0 Å². The van der Waals surface area contributed by atoms with Gasteiger partial charge < -0.3 is 24.2 Å². The average Bonchev–Trinajstić information content (AvgIpc) is 2.43. The first-order valence-electron chi connectivity index (χ1n) is 6.75. The maximum atomic E-state index is 10.8. The number of carbonyl (C=O) groups excluding carboxylic acids is 2. The Kier molecular flexibility index (Phi) is 12.1. The number of amides is 2. The Hall–Kier alpha value is -1.18. The van der Waals surface area contributed by atoms with E-state index in [0.717, 1.165) is 19.4 Å². The summed E-state index contributed by atoms with van der Waals surface area (Å²) in [7, 11) is 5.67. The molecule has 0 aromatic carbocycles. The van der Waals surface area contributed by atoms with E-state index in [-0.39, 0.29) is 0 Å². The summed E-state index contributed by atoms with van der Waals surface area (Å²) in [5.74, 6) is 0. The van der Waals surface area contributed by atoms with Crippen molar-refractivity contribution < 1.29 is 19.1 Å². The van der Waals surface area contributed by atoms with Crippen LogP contribution in [0.2, 0.25) is 0 Å². The Bertz CT molecular complexity index is 252. The van der Waals surface area contributed by atoms with Gasteiger partial charge in [0.2, 0.25) is 12.8 Å². The topological polar surface area (TPSA) is 62.3 Å². The van der Waals surface area contributed by atoms with Gasteiger partial charge in [-0.1, -0.05) is 0 Å². The minimum absolute atomic E-state index is 0.461. The van der Waals surface area contributed by atoms with Crippen molar-refractivity contribution >= 4 is 12.8 Å². The SMILES string of the molecule is CN(C)CCOCCN(C=O)CCOCCN(C)C=O. The Morgan fingerprint density at radius 1 is 0.750 bits per heavy atom. The lowest BCUT2D eigenvalue weighted by molar-refractivity contribution is -0.119. The highest BCUT2D eigenvalue weighted by molar-refractivity contribution is 5.46. The third-order valence-electron chi connectivity index (χ3n) is 2.65. The van der Waals surface area contributed by atoms with Crippen LogP contribution >= 0.6 is 0 Å². The van der Waals surface area contributed by atoms with E-state index in [1.807, 2.05) is 19.0 Å². The molecule has 0 aliphatic carbocycles. The van der Waals surface area contributed by atoms with Gasteiger partial charge in [0.25, 0.3) is 0 Å². The molecule has 0 aromatic heterocycles. The molecule has 118 valence electrons. The second-order valence-corrected chi connectivity index (χ2v) is 4.76. The van der Waals surface area contributed by atoms with E-state index >= 15 is 0 Å². The van der Waals surface area contributed by atoms with Gasteiger partial charge in [0.15, 0.2) is 0 Å². The molecule has 0 atom stereocenters. The van der Waals surface area contributed by atoms with Crippen LogP contribution in [0.4, 0.5) is 0 Å². The molecule has 0 aliphatic heterocycles. The maximum absolute atomic E-state index is 10.8. The van der Waals surface area contributed by atoms with Gasteiger partial charge in [-0.25, -0.2) is 0 Å². The molecule has 0 spiro atoms. The summed E-state index contributed by atoms with van der Waals surface area (Å²) < 4.78 is 10.8. The number of nitrogens with zero attached hydrogens (tertiary/aromatic N) is 3. The van der Waals surface area contributed by atoms with Crippen molar-refractivity contribution in [3.8, 4) is 0 Å². The van der Waals surface area contributed by atoms with Crippen LogP contribution in [0, 0.1) is 0 Å². The molecule has 0 unspecified atom stereocenters. The van der Waals surface area contributed by atoms with Crippen molar-refractivity contribution in [3.63, 3.8) is 0 Å². The monoisotopic (exact) mass is 289 g/mol. The van der Waals surface area contributed by atoms with E-state index in [1.165, 1.54) is 4.90 Å². The number of carbonyl (C=O) groups is 2. The van der Waals surface area contributed by atoms with Crippen molar-refractivity contribution in [3.05, 3.63) is 0 Å². The minimum Gasteiger partial charge on any atom is -0.378 e. The first-order chi connectivity index (χ1) is 9.60. The zero-order chi connectivity index (χ0) is 15.2. The van der Waals surface area contributed by atoms with E-state index in [2.05, 4.69) is 0 Å². The van der Waals surface area contributed by atoms with E-state index in [4.69, 9.17) is 9.47 Å². The first-order valence-corrected chi connectivity index (χ1v) is 6.75. The Labute approximate surface area is 121 Å². The van der Waals surface area contributed by atoms with Crippen molar-refractivity contribution in [1.82, 2.24) is 14.7 Å². The van der Waals surface area contributed by atoms with Crippen LogP contribution in [0.1, 0.15) is 0 Å². The second kappa shape index (κ2) is 12.8. The largest absolute Gasteiger partial charge is 0.378 e. The summed E-state index contributed by atoms with van der Waals surface area (Å²) in [6.45, 7) is 4.64. The van der Waals surface area contributed by atoms with Crippen molar-refractivity contribution in [1.29, 1.82) is 0 Å². The fraction of sp³-hybridized carbons (Fsp3) is 0.846. The molecule has 7 nitrogen and oxygen atoms in total. The first kappa shape index (κ1) is 18.8. The summed E-state index contributed by atoms with van der Waals surface area (Å²) in [5.41, 5.74) is 0. The second-order valence-electron chi connectivity index (χ2n) is 4.76. The van der Waals surface area contributed by atoms with E-state index in [1.54, 1.807) is 11.9 Å². The lowest BCUT2D eigenvalue weighted by atomic mass is 10.5. The summed E-state index contributed by atoms with van der Waals surface area (Å²) in [5, 5.41) is 0. The average molecular weight is 289 g/mol. The van der Waals surface area contributed by atoms with E-state index in [0.29, 0.717) is 46.1 Å². The highest BCUT2D eigenvalue weighted by atomic mass is 16.5. The zero-order valence-electron chi connectivity index (χ0n) is 12.8. The molecule has 0 N–H and O–H groups in total. The molecule has 0 fully saturated rings. The third-order valence-corrected chi connectivity index (χ3v) is 2.65. The molecule has 7 heteroatoms. The number of hydrogen-bond acceptors (Lipinski definition) is 5. The van der Waals surface area contributed by atoms with Gasteiger partial charge in [0, 0.05) is 33.2 Å². The highest BCUT2D eigenvalue weighted by Gasteiger charge is 2.02. The molecule has 0 aromatic rings. The number of hydrogen-bond donors (Lipinski definition) is 0. The van der Waals surface area contributed by atoms with Gasteiger partial charge in [0.05, 0.1) is 26.4 Å². The third kappa shape index (κ3) is 11.9. The molecule has 0 heterocycles. The molecule has 0 saturated heterocycles. The molecule has 0 rings (SSSR count). The highest BCUT2D eigenvalue weighted by Crippen LogP contribution is 1.87. The van der Waals surface area contributed by atoms with Crippen LogP contribution in [0.15, 0.2) is 0 Å². The van der Waals surface area contributed by atoms with Crippen molar-refractivity contribution in [2.75, 3.05) is 73.7 Å². The Balaban J connectivity index is 3.47. The summed E-state index contributed by atoms with van der Waals surface area (Å²) in [6.07, 6.45) is 1.56. The van der Waals surface area contributed by atoms with Crippen LogP contribution in [0.3, 0.4) is 0 Å². The molecular weight excluding hydrogens is 262 g/mol. The molecule has 0 saturated carbocycles. The fourth-order valence-corrected chi connectivity index (χ4v) is 1.29. The van der Waals surface area contributed by atoms with Gasteiger partial charge in [-0.3, -0.25) is 9.59 Å². The summed E-state index contributed by atoms with van der Waals surface area (Å²) >= 11 is 0. The standard InChI is InChI=1S/C13H27N3O4/c1-14(2)4-8-19-10-6-16(13-18)7-11-20-9-5-15(3)12-17/h12-13H,4-11H2,1-3H3. The predicted molar refractivity (Wildman–Crippen MR) is 76.5 cm³/mol. The van der Waals surface area contributed by atoms with Crippen molar-refractivity contribution in [2.45, 2.75) is 0 Å². The lowest BCUT2D eigenvalue weighted by Crippen LogP contribution is -2.31. The maximum Gasteiger partial charge on any atom is 0.209 e. The molecule has 0 radical (unpaired) electrons. The molecule has 20 heavy (non-hydrogen) atoms. The quantitative estimate of drug-likeness (QED) is 0.307. The summed E-state index contributed by atoms with van der Waals surface area (Å²) in [4.78, 5) is 26.4. The normalized spacial score (nSPS) is 10.6. The number of ether oxygens (including phenoxy) is 2. The van der Waals surface area contributed by atoms with Crippen LogP contribution in [-0.2, 0) is 19.1 Å². The molecular formula is C13H27N3O4. The smallest absolute Gasteiger partial charge is 0.209 e.